The van der Waals surface area contributed by atoms with Gasteiger partial charge in [-0.2, -0.15) is 5.26 Å². The molecule has 112 valence electrons. The van der Waals surface area contributed by atoms with Crippen LogP contribution in [0.15, 0.2) is 24.3 Å². The quantitative estimate of drug-likeness (QED) is 0.802. The number of ether oxygens (including phenoxy) is 1. The molecular formula is C17H22N2O2. The predicted octanol–water partition coefficient (Wildman–Crippen LogP) is 2.86. The van der Waals surface area contributed by atoms with Gasteiger partial charge in [0.25, 0.3) is 0 Å². The Kier molecular flexibility index (Phi) is 4.64. The molecular weight excluding hydrogens is 264 g/mol. The first-order valence-corrected chi connectivity index (χ1v) is 7.35. The summed E-state index contributed by atoms with van der Waals surface area (Å²) in [6, 6.07) is 9.56. The van der Waals surface area contributed by atoms with Gasteiger partial charge >= 0.3 is 5.97 Å². The van der Waals surface area contributed by atoms with E-state index in [0.29, 0.717) is 12.1 Å². The van der Waals surface area contributed by atoms with E-state index in [1.54, 1.807) is 0 Å². The summed E-state index contributed by atoms with van der Waals surface area (Å²) in [7, 11) is 0. The number of esters is 1. The maximum Gasteiger partial charge on any atom is 0.323 e. The number of benzene rings is 1. The summed E-state index contributed by atoms with van der Waals surface area (Å²) in [4.78, 5) is 14.4. The van der Waals surface area contributed by atoms with Crippen LogP contribution < -0.4 is 0 Å². The minimum absolute atomic E-state index is 0.158. The summed E-state index contributed by atoms with van der Waals surface area (Å²) in [5.41, 5.74) is 1.18. The van der Waals surface area contributed by atoms with Crippen molar-refractivity contribution in [3.8, 4) is 6.07 Å². The number of nitrogens with zero attached hydrogens (tertiary/aromatic N) is 2. The van der Waals surface area contributed by atoms with E-state index in [-0.39, 0.29) is 12.0 Å². The summed E-state index contributed by atoms with van der Waals surface area (Å²) in [6.07, 6.45) is 1.81. The second-order valence-corrected chi connectivity index (χ2v) is 6.43. The van der Waals surface area contributed by atoms with Crippen molar-refractivity contribution in [2.75, 3.05) is 6.54 Å². The molecule has 0 aromatic heterocycles. The van der Waals surface area contributed by atoms with Crippen LogP contribution in [0.2, 0.25) is 0 Å². The molecule has 1 saturated heterocycles. The molecule has 0 N–H and O–H groups in total. The monoisotopic (exact) mass is 286 g/mol. The van der Waals surface area contributed by atoms with Gasteiger partial charge < -0.3 is 4.74 Å². The van der Waals surface area contributed by atoms with Crippen LogP contribution in [0.1, 0.15) is 44.7 Å². The van der Waals surface area contributed by atoms with Crippen molar-refractivity contribution in [3.63, 3.8) is 0 Å². The lowest BCUT2D eigenvalue weighted by Crippen LogP contribution is -2.40. The molecule has 0 unspecified atom stereocenters. The summed E-state index contributed by atoms with van der Waals surface area (Å²) in [6.45, 7) is 7.14. The first kappa shape index (κ1) is 15.5. The molecule has 1 atom stereocenters. The molecule has 0 radical (unpaired) electrons. The van der Waals surface area contributed by atoms with Crippen molar-refractivity contribution >= 4 is 5.97 Å². The first-order chi connectivity index (χ1) is 9.90. The van der Waals surface area contributed by atoms with Gasteiger partial charge in [-0.3, -0.25) is 9.69 Å². The number of carbonyl (C=O) groups is 1. The van der Waals surface area contributed by atoms with Gasteiger partial charge in [-0.05, 0) is 51.8 Å². The molecule has 1 heterocycles. The van der Waals surface area contributed by atoms with Crippen LogP contribution in [0.4, 0.5) is 0 Å². The Morgan fingerprint density at radius 3 is 2.81 bits per heavy atom. The number of hydrogen-bond acceptors (Lipinski definition) is 4. The van der Waals surface area contributed by atoms with E-state index in [0.717, 1.165) is 24.9 Å². The van der Waals surface area contributed by atoms with Crippen molar-refractivity contribution in [1.82, 2.24) is 4.90 Å². The number of likely N-dealkylation sites (tertiary alicyclic amines) is 1. The largest absolute Gasteiger partial charge is 0.459 e. The topological polar surface area (TPSA) is 53.3 Å². The van der Waals surface area contributed by atoms with Crippen LogP contribution in [0.3, 0.4) is 0 Å². The smallest absolute Gasteiger partial charge is 0.323 e. The van der Waals surface area contributed by atoms with Crippen LogP contribution >= 0.6 is 0 Å². The van der Waals surface area contributed by atoms with E-state index in [9.17, 15) is 4.79 Å². The third kappa shape index (κ3) is 4.05. The van der Waals surface area contributed by atoms with E-state index >= 15 is 0 Å². The fraction of sp³-hybridized carbons (Fsp3) is 0.529. The molecule has 0 amide bonds. The standard InChI is InChI=1S/C17H22N2O2/c1-17(2,3)21-16(20)15-9-6-10-19(15)12-14-8-5-4-7-13(14)11-18/h4-5,7-8,15H,6,9-10,12H2,1-3H3/t15-/m1/s1. The normalized spacial score (nSPS) is 19.2. The lowest BCUT2D eigenvalue weighted by molar-refractivity contribution is -0.160. The lowest BCUT2D eigenvalue weighted by atomic mass is 10.1. The minimum atomic E-state index is -0.462. The Balaban J connectivity index is 2.09. The van der Waals surface area contributed by atoms with Crippen molar-refractivity contribution in [1.29, 1.82) is 5.26 Å². The van der Waals surface area contributed by atoms with E-state index < -0.39 is 5.60 Å². The molecule has 0 saturated carbocycles. The first-order valence-electron chi connectivity index (χ1n) is 7.35. The third-order valence-electron chi connectivity index (χ3n) is 3.55. The van der Waals surface area contributed by atoms with E-state index in [1.807, 2.05) is 45.0 Å². The Labute approximate surface area is 126 Å². The zero-order chi connectivity index (χ0) is 15.5. The van der Waals surface area contributed by atoms with Gasteiger partial charge in [-0.15, -0.1) is 0 Å². The van der Waals surface area contributed by atoms with Crippen molar-refractivity contribution in [2.45, 2.75) is 51.8 Å². The van der Waals surface area contributed by atoms with Gasteiger partial charge in [0.2, 0.25) is 0 Å². The summed E-state index contributed by atoms with van der Waals surface area (Å²) >= 11 is 0. The average molecular weight is 286 g/mol. The highest BCUT2D eigenvalue weighted by molar-refractivity contribution is 5.76. The van der Waals surface area contributed by atoms with Gasteiger partial charge in [0.05, 0.1) is 11.6 Å². The highest BCUT2D eigenvalue weighted by Crippen LogP contribution is 2.24. The van der Waals surface area contributed by atoms with E-state index in [1.165, 1.54) is 0 Å². The maximum atomic E-state index is 12.3. The van der Waals surface area contributed by atoms with Crippen LogP contribution in [0.25, 0.3) is 0 Å². The van der Waals surface area contributed by atoms with Crippen molar-refractivity contribution < 1.29 is 9.53 Å². The number of nitriles is 1. The number of hydrogen-bond donors (Lipinski definition) is 0. The highest BCUT2D eigenvalue weighted by Gasteiger charge is 2.34. The maximum absolute atomic E-state index is 12.3. The Hall–Kier alpha value is -1.86. The molecule has 0 bridgehead atoms. The van der Waals surface area contributed by atoms with Crippen LogP contribution in [-0.2, 0) is 16.1 Å². The molecule has 0 aliphatic carbocycles. The lowest BCUT2D eigenvalue weighted by Gasteiger charge is -2.27. The van der Waals surface area contributed by atoms with Gasteiger partial charge in [0.1, 0.15) is 11.6 Å². The molecule has 4 nitrogen and oxygen atoms in total. The van der Waals surface area contributed by atoms with Gasteiger partial charge in [0.15, 0.2) is 0 Å². The fourth-order valence-corrected chi connectivity index (χ4v) is 2.64. The number of carbonyl (C=O) groups excluding carboxylic acids is 1. The molecule has 1 aromatic carbocycles. The SMILES string of the molecule is CC(C)(C)OC(=O)[C@H]1CCCN1Cc1ccccc1C#N. The third-order valence-corrected chi connectivity index (χ3v) is 3.55. The molecule has 0 spiro atoms. The summed E-state index contributed by atoms with van der Waals surface area (Å²) < 4.78 is 5.50. The summed E-state index contributed by atoms with van der Waals surface area (Å²) in [5, 5.41) is 9.16. The molecule has 1 fully saturated rings. The van der Waals surface area contributed by atoms with Crippen molar-refractivity contribution in [3.05, 3.63) is 35.4 Å². The predicted molar refractivity (Wildman–Crippen MR) is 80.4 cm³/mol. The second-order valence-electron chi connectivity index (χ2n) is 6.43. The highest BCUT2D eigenvalue weighted by atomic mass is 16.6. The molecule has 4 heteroatoms. The van der Waals surface area contributed by atoms with E-state index in [4.69, 9.17) is 10.00 Å². The molecule has 1 aromatic rings. The Bertz CT molecular complexity index is 555. The van der Waals surface area contributed by atoms with Gasteiger partial charge in [-0.1, -0.05) is 18.2 Å². The zero-order valence-corrected chi connectivity index (χ0v) is 12.9. The molecule has 2 rings (SSSR count). The Morgan fingerprint density at radius 2 is 2.14 bits per heavy atom. The second kappa shape index (κ2) is 6.28. The fourth-order valence-electron chi connectivity index (χ4n) is 2.64. The summed E-state index contributed by atoms with van der Waals surface area (Å²) in [5.74, 6) is -0.158. The zero-order valence-electron chi connectivity index (χ0n) is 12.9. The average Bonchev–Trinajstić information content (AvgIpc) is 2.85. The van der Waals surface area contributed by atoms with Crippen molar-refractivity contribution in [2.24, 2.45) is 0 Å². The molecule has 1 aliphatic rings. The Morgan fingerprint density at radius 1 is 1.43 bits per heavy atom. The van der Waals surface area contributed by atoms with Crippen LogP contribution in [-0.4, -0.2) is 29.1 Å². The molecule has 1 aliphatic heterocycles. The van der Waals surface area contributed by atoms with Crippen LogP contribution in [0, 0.1) is 11.3 Å². The molecule has 21 heavy (non-hydrogen) atoms. The van der Waals surface area contributed by atoms with Gasteiger partial charge in [0, 0.05) is 6.54 Å². The minimum Gasteiger partial charge on any atom is -0.459 e. The van der Waals surface area contributed by atoms with Crippen LogP contribution in [0.5, 0.6) is 0 Å². The number of rotatable bonds is 3. The van der Waals surface area contributed by atoms with E-state index in [2.05, 4.69) is 11.0 Å². The van der Waals surface area contributed by atoms with Gasteiger partial charge in [-0.25, -0.2) is 0 Å².